The molecule has 4 rings (SSSR count). The van der Waals surface area contributed by atoms with Gasteiger partial charge in [-0.1, -0.05) is 30.3 Å². The molecule has 1 amide bonds. The van der Waals surface area contributed by atoms with Gasteiger partial charge < -0.3 is 9.64 Å². The summed E-state index contributed by atoms with van der Waals surface area (Å²) in [6.45, 7) is 5.31. The summed E-state index contributed by atoms with van der Waals surface area (Å²) in [5.41, 5.74) is -2.30. The molecule has 11 heteroatoms. The second-order valence-corrected chi connectivity index (χ2v) is 11.9. The van der Waals surface area contributed by atoms with Gasteiger partial charge in [-0.15, -0.1) is 0 Å². The number of hydrogen-bond donors (Lipinski definition) is 0. The van der Waals surface area contributed by atoms with Crippen molar-refractivity contribution in [2.45, 2.75) is 55.7 Å². The van der Waals surface area contributed by atoms with Crippen LogP contribution in [0.4, 0.5) is 14.9 Å². The minimum Gasteiger partial charge on any atom is -0.444 e. The molecular formula is C25H28FN3O6S. The molecule has 1 saturated heterocycles. The Labute approximate surface area is 209 Å². The van der Waals surface area contributed by atoms with Crippen LogP contribution in [0.3, 0.4) is 0 Å². The van der Waals surface area contributed by atoms with Crippen LogP contribution in [0.2, 0.25) is 0 Å². The molecule has 1 spiro atoms. The van der Waals surface area contributed by atoms with Gasteiger partial charge in [0.15, 0.2) is 0 Å². The average molecular weight is 518 g/mol. The quantitative estimate of drug-likeness (QED) is 0.424. The lowest BCUT2D eigenvalue weighted by molar-refractivity contribution is -0.385. The number of carbonyl (C=O) groups excluding carboxylic acids is 1. The van der Waals surface area contributed by atoms with Crippen molar-refractivity contribution in [2.75, 3.05) is 13.1 Å². The number of rotatable bonds is 5. The molecule has 192 valence electrons. The molecule has 2 aromatic rings. The van der Waals surface area contributed by atoms with Gasteiger partial charge in [0, 0.05) is 19.2 Å². The summed E-state index contributed by atoms with van der Waals surface area (Å²) < 4.78 is 49.0. The monoisotopic (exact) mass is 517 g/mol. The molecule has 1 heterocycles. The largest absolute Gasteiger partial charge is 0.444 e. The second-order valence-electron chi connectivity index (χ2n) is 10.1. The number of amides is 1. The van der Waals surface area contributed by atoms with Gasteiger partial charge in [0.05, 0.1) is 27.0 Å². The summed E-state index contributed by atoms with van der Waals surface area (Å²) in [6.07, 6.45) is 3.12. The Morgan fingerprint density at radius 3 is 2.42 bits per heavy atom. The smallest absolute Gasteiger partial charge is 0.410 e. The first-order chi connectivity index (χ1) is 16.8. The highest BCUT2D eigenvalue weighted by Gasteiger charge is 2.59. The number of benzene rings is 2. The third-order valence-electron chi connectivity index (χ3n) is 6.15. The van der Waals surface area contributed by atoms with Gasteiger partial charge in [0.25, 0.3) is 5.69 Å². The van der Waals surface area contributed by atoms with E-state index in [4.69, 9.17) is 4.74 Å². The minimum atomic E-state index is -4.01. The lowest BCUT2D eigenvalue weighted by atomic mass is 10.1. The fourth-order valence-corrected chi connectivity index (χ4v) is 6.44. The molecule has 0 bridgehead atoms. The molecule has 2 aromatic carbocycles. The van der Waals surface area contributed by atoms with Crippen molar-refractivity contribution in [1.29, 1.82) is 0 Å². The molecule has 0 N–H and O–H groups in total. The van der Waals surface area contributed by atoms with Crippen molar-refractivity contribution >= 4 is 27.9 Å². The summed E-state index contributed by atoms with van der Waals surface area (Å²) in [4.78, 5) is 25.2. The number of nitrogens with zero attached hydrogens (tertiary/aromatic N) is 3. The normalized spacial score (nSPS) is 20.0. The summed E-state index contributed by atoms with van der Waals surface area (Å²) in [6, 6.07) is 10.6. The van der Waals surface area contributed by atoms with E-state index in [9.17, 15) is 27.7 Å². The summed E-state index contributed by atoms with van der Waals surface area (Å²) in [5.74, 6) is -0.807. The molecule has 1 unspecified atom stereocenters. The maximum absolute atomic E-state index is 14.5. The number of piperazine rings is 1. The number of carbonyl (C=O) groups is 1. The SMILES string of the molecule is CC(C)(C)OC(=O)N1CC(C=Cc2c(F)cccc2[N+](=O)[O-])N(S(=O)(=O)c2ccccc2)C2(CC2)C1. The van der Waals surface area contributed by atoms with Crippen LogP contribution in [0, 0.1) is 15.9 Å². The predicted molar refractivity (Wildman–Crippen MR) is 131 cm³/mol. The van der Waals surface area contributed by atoms with E-state index in [0.717, 1.165) is 6.07 Å². The Morgan fingerprint density at radius 1 is 1.17 bits per heavy atom. The minimum absolute atomic E-state index is 0.0541. The highest BCUT2D eigenvalue weighted by atomic mass is 32.2. The highest BCUT2D eigenvalue weighted by molar-refractivity contribution is 7.89. The van der Waals surface area contributed by atoms with Gasteiger partial charge in [-0.2, -0.15) is 4.31 Å². The van der Waals surface area contributed by atoms with Gasteiger partial charge in [-0.25, -0.2) is 17.6 Å². The van der Waals surface area contributed by atoms with E-state index in [1.165, 1.54) is 45.6 Å². The Kier molecular flexibility index (Phi) is 6.65. The van der Waals surface area contributed by atoms with E-state index in [1.807, 2.05) is 0 Å². The second kappa shape index (κ2) is 9.29. The zero-order valence-corrected chi connectivity index (χ0v) is 21.1. The number of hydrogen-bond acceptors (Lipinski definition) is 6. The fraction of sp³-hybridized carbons (Fsp3) is 0.400. The topological polar surface area (TPSA) is 110 Å². The molecule has 0 radical (unpaired) electrons. The number of ether oxygens (including phenoxy) is 1. The maximum atomic E-state index is 14.5. The van der Waals surface area contributed by atoms with Crippen LogP contribution >= 0.6 is 0 Å². The molecular weight excluding hydrogens is 489 g/mol. The van der Waals surface area contributed by atoms with Crippen molar-refractivity contribution < 1.29 is 27.3 Å². The highest BCUT2D eigenvalue weighted by Crippen LogP contribution is 2.49. The first-order valence-corrected chi connectivity index (χ1v) is 13.0. The molecule has 1 saturated carbocycles. The van der Waals surface area contributed by atoms with E-state index >= 15 is 0 Å². The van der Waals surface area contributed by atoms with Gasteiger partial charge >= 0.3 is 6.09 Å². The third kappa shape index (κ3) is 5.12. The van der Waals surface area contributed by atoms with Crippen molar-refractivity contribution in [3.05, 3.63) is 76.1 Å². The van der Waals surface area contributed by atoms with Gasteiger partial charge in [-0.05, 0) is 57.9 Å². The molecule has 2 fully saturated rings. The van der Waals surface area contributed by atoms with Crippen molar-refractivity contribution in [3.63, 3.8) is 0 Å². The van der Waals surface area contributed by atoms with Crippen LogP contribution in [0.25, 0.3) is 6.08 Å². The lowest BCUT2D eigenvalue weighted by Crippen LogP contribution is -2.62. The van der Waals surface area contributed by atoms with E-state index in [2.05, 4.69) is 0 Å². The third-order valence-corrected chi connectivity index (χ3v) is 8.20. The van der Waals surface area contributed by atoms with Crippen LogP contribution in [0.5, 0.6) is 0 Å². The zero-order valence-electron chi connectivity index (χ0n) is 20.3. The molecule has 9 nitrogen and oxygen atoms in total. The zero-order chi connectivity index (χ0) is 26.3. The molecule has 0 aromatic heterocycles. The van der Waals surface area contributed by atoms with E-state index in [-0.39, 0.29) is 23.5 Å². The van der Waals surface area contributed by atoms with Gasteiger partial charge in [0.1, 0.15) is 11.4 Å². The number of sulfonamides is 1. The van der Waals surface area contributed by atoms with Crippen LogP contribution < -0.4 is 0 Å². The van der Waals surface area contributed by atoms with Crippen molar-refractivity contribution in [3.8, 4) is 0 Å². The Balaban J connectivity index is 1.78. The molecule has 2 aliphatic rings. The van der Waals surface area contributed by atoms with Crippen LogP contribution in [-0.2, 0) is 14.8 Å². The van der Waals surface area contributed by atoms with Gasteiger partial charge in [-0.3, -0.25) is 10.1 Å². The Morgan fingerprint density at radius 2 is 1.83 bits per heavy atom. The van der Waals surface area contributed by atoms with Crippen molar-refractivity contribution in [1.82, 2.24) is 9.21 Å². The Bertz CT molecular complexity index is 1300. The predicted octanol–water partition coefficient (Wildman–Crippen LogP) is 4.59. The van der Waals surface area contributed by atoms with Crippen molar-refractivity contribution in [2.24, 2.45) is 0 Å². The first kappa shape index (κ1) is 25.8. The number of nitro benzene ring substituents is 1. The maximum Gasteiger partial charge on any atom is 0.410 e. The Hall–Kier alpha value is -3.31. The molecule has 1 atom stereocenters. The van der Waals surface area contributed by atoms with Gasteiger partial charge in [0.2, 0.25) is 10.0 Å². The molecule has 1 aliphatic carbocycles. The average Bonchev–Trinajstić information content (AvgIpc) is 3.55. The number of halogens is 1. The van der Waals surface area contributed by atoms with E-state index < -0.39 is 49.7 Å². The van der Waals surface area contributed by atoms with Crippen LogP contribution in [-0.4, -0.2) is 58.9 Å². The fourth-order valence-electron chi connectivity index (χ4n) is 4.46. The van der Waals surface area contributed by atoms with E-state index in [1.54, 1.807) is 39.0 Å². The van der Waals surface area contributed by atoms with E-state index in [0.29, 0.717) is 12.8 Å². The first-order valence-electron chi connectivity index (χ1n) is 11.5. The molecule has 36 heavy (non-hydrogen) atoms. The van der Waals surface area contributed by atoms with Crippen LogP contribution in [0.15, 0.2) is 59.5 Å². The number of nitro groups is 1. The summed E-state index contributed by atoms with van der Waals surface area (Å²) in [5, 5.41) is 11.5. The summed E-state index contributed by atoms with van der Waals surface area (Å²) >= 11 is 0. The lowest BCUT2D eigenvalue weighted by Gasteiger charge is -2.45. The standard InChI is InChI=1S/C25H28FN3O6S/c1-24(2,3)35-23(30)27-16-18(12-13-20-21(26)10-7-11-22(20)29(31)32)28(25(17-27)14-15-25)36(33,34)19-8-5-4-6-9-19/h4-13,18H,14-17H2,1-3H3. The summed E-state index contributed by atoms with van der Waals surface area (Å²) in [7, 11) is -4.01. The molecule has 1 aliphatic heterocycles. The van der Waals surface area contributed by atoms with Crippen LogP contribution in [0.1, 0.15) is 39.2 Å².